The number of amidine groups is 1. The highest BCUT2D eigenvalue weighted by molar-refractivity contribution is 6.11. The van der Waals surface area contributed by atoms with Gasteiger partial charge in [-0.05, 0) is 37.5 Å². The summed E-state index contributed by atoms with van der Waals surface area (Å²) in [7, 11) is 1.45. The predicted octanol–water partition coefficient (Wildman–Crippen LogP) is 3.76. The lowest BCUT2D eigenvalue weighted by Gasteiger charge is -2.40. The van der Waals surface area contributed by atoms with Gasteiger partial charge in [-0.2, -0.15) is 0 Å². The number of aliphatic imine (C=N–C) groups is 1. The van der Waals surface area contributed by atoms with Gasteiger partial charge in [-0.15, -0.1) is 0 Å². The van der Waals surface area contributed by atoms with Gasteiger partial charge in [0.1, 0.15) is 5.84 Å². The molecule has 0 N–H and O–H groups in total. The molecule has 0 radical (unpaired) electrons. The number of nitrogens with zero attached hydrogens (tertiary/aromatic N) is 3. The van der Waals surface area contributed by atoms with Gasteiger partial charge in [-0.1, -0.05) is 42.5 Å². The van der Waals surface area contributed by atoms with Crippen LogP contribution in [0, 0.1) is 0 Å². The quantitative estimate of drug-likeness (QED) is 0.779. The van der Waals surface area contributed by atoms with Crippen molar-refractivity contribution in [3.05, 3.63) is 60.2 Å². The Hall–Kier alpha value is -2.82. The molecule has 2 aliphatic rings. The van der Waals surface area contributed by atoms with Gasteiger partial charge in [-0.3, -0.25) is 0 Å². The van der Waals surface area contributed by atoms with E-state index in [1.165, 1.54) is 7.11 Å². The molecule has 0 saturated carbocycles. The molecule has 0 aromatic heterocycles. The molecule has 2 unspecified atom stereocenters. The summed E-state index contributed by atoms with van der Waals surface area (Å²) in [5, 5.41) is 0. The fourth-order valence-electron chi connectivity index (χ4n) is 4.06. The molecule has 2 aliphatic heterocycles. The van der Waals surface area contributed by atoms with Crippen LogP contribution in [0.15, 0.2) is 59.6 Å². The Labute approximate surface area is 160 Å². The summed E-state index contributed by atoms with van der Waals surface area (Å²) in [4.78, 5) is 22.2. The first kappa shape index (κ1) is 17.6. The lowest BCUT2D eigenvalue weighted by Crippen LogP contribution is -2.55. The molecule has 2 atom stereocenters. The van der Waals surface area contributed by atoms with E-state index in [-0.39, 0.29) is 5.97 Å². The lowest BCUT2D eigenvalue weighted by atomic mass is 10.1. The molecule has 0 bridgehead atoms. The van der Waals surface area contributed by atoms with Crippen molar-refractivity contribution in [1.29, 1.82) is 0 Å². The summed E-state index contributed by atoms with van der Waals surface area (Å²) in [6.45, 7) is 3.75. The first-order chi connectivity index (χ1) is 13.2. The van der Waals surface area contributed by atoms with Gasteiger partial charge >= 0.3 is 5.97 Å². The molecule has 1 saturated heterocycles. The van der Waals surface area contributed by atoms with Crippen LogP contribution in [0.25, 0.3) is 0 Å². The third-order valence-corrected chi connectivity index (χ3v) is 5.45. The molecule has 0 aliphatic carbocycles. The zero-order chi connectivity index (χ0) is 18.8. The fraction of sp³-hybridized carbons (Fsp3) is 0.364. The minimum absolute atomic E-state index is 0.265. The molecule has 2 aromatic carbocycles. The van der Waals surface area contributed by atoms with Crippen molar-refractivity contribution in [2.75, 3.05) is 18.6 Å². The summed E-state index contributed by atoms with van der Waals surface area (Å²) in [6.07, 6.45) is 2.24. The molecule has 5 nitrogen and oxygen atoms in total. The van der Waals surface area contributed by atoms with E-state index >= 15 is 0 Å². The lowest BCUT2D eigenvalue weighted by molar-refractivity contribution is -0.140. The molecule has 4 rings (SSSR count). The van der Waals surface area contributed by atoms with Gasteiger partial charge in [0.15, 0.2) is 6.04 Å². The maximum atomic E-state index is 12.9. The molecule has 0 amide bonds. The third-order valence-electron chi connectivity index (χ3n) is 5.45. The SMILES string of the molecule is COC(=O)C1C(N2CCCC2C)=Nc2ccccc2N1Cc1ccccc1. The van der Waals surface area contributed by atoms with Crippen LogP contribution in [0.3, 0.4) is 0 Å². The number of hydrogen-bond acceptors (Lipinski definition) is 5. The predicted molar refractivity (Wildman–Crippen MR) is 107 cm³/mol. The van der Waals surface area contributed by atoms with Crippen molar-refractivity contribution in [2.45, 2.75) is 38.4 Å². The number of benzene rings is 2. The average Bonchev–Trinajstić information content (AvgIpc) is 3.13. The molecule has 1 fully saturated rings. The number of ether oxygens (including phenoxy) is 1. The van der Waals surface area contributed by atoms with E-state index in [1.54, 1.807) is 0 Å². The van der Waals surface area contributed by atoms with Gasteiger partial charge < -0.3 is 14.5 Å². The molecule has 27 heavy (non-hydrogen) atoms. The van der Waals surface area contributed by atoms with Gasteiger partial charge in [0.05, 0.1) is 18.5 Å². The number of hydrogen-bond donors (Lipinski definition) is 0. The number of carbonyl (C=O) groups is 1. The van der Waals surface area contributed by atoms with E-state index in [0.29, 0.717) is 12.6 Å². The summed E-state index contributed by atoms with van der Waals surface area (Å²) in [5.41, 5.74) is 3.02. The largest absolute Gasteiger partial charge is 0.467 e. The van der Waals surface area contributed by atoms with Crippen LogP contribution in [-0.2, 0) is 16.1 Å². The molecule has 140 valence electrons. The summed E-state index contributed by atoms with van der Waals surface area (Å²) < 4.78 is 5.21. The van der Waals surface area contributed by atoms with Crippen LogP contribution in [0.4, 0.5) is 11.4 Å². The topological polar surface area (TPSA) is 45.1 Å². The van der Waals surface area contributed by atoms with Gasteiger partial charge in [0.2, 0.25) is 0 Å². The third kappa shape index (κ3) is 3.29. The first-order valence-corrected chi connectivity index (χ1v) is 9.51. The number of carbonyl (C=O) groups excluding carboxylic acids is 1. The Morgan fingerprint density at radius 3 is 2.59 bits per heavy atom. The highest BCUT2D eigenvalue weighted by Gasteiger charge is 2.41. The van der Waals surface area contributed by atoms with Gasteiger partial charge in [-0.25, -0.2) is 9.79 Å². The number of para-hydroxylation sites is 2. The smallest absolute Gasteiger partial charge is 0.336 e. The van der Waals surface area contributed by atoms with Crippen LogP contribution in [0.5, 0.6) is 0 Å². The van der Waals surface area contributed by atoms with E-state index in [9.17, 15) is 4.79 Å². The maximum Gasteiger partial charge on any atom is 0.336 e. The Kier molecular flexibility index (Phi) is 4.84. The van der Waals surface area contributed by atoms with Crippen molar-refractivity contribution in [3.8, 4) is 0 Å². The van der Waals surface area contributed by atoms with Crippen LogP contribution in [-0.4, -0.2) is 42.4 Å². The fourth-order valence-corrected chi connectivity index (χ4v) is 4.06. The molecule has 2 aromatic rings. The summed E-state index contributed by atoms with van der Waals surface area (Å²) >= 11 is 0. The second-order valence-electron chi connectivity index (χ2n) is 7.18. The van der Waals surface area contributed by atoms with Crippen LogP contribution in [0.1, 0.15) is 25.3 Å². The highest BCUT2D eigenvalue weighted by Crippen LogP contribution is 2.37. The standard InChI is InChI=1S/C22H25N3O2/c1-16-9-8-14-24(16)21-20(22(26)27-2)25(15-17-10-4-3-5-11-17)19-13-7-6-12-18(19)23-21/h3-7,10-13,16,20H,8-9,14-15H2,1-2H3. The normalized spacial score (nSPS) is 21.6. The van der Waals surface area contributed by atoms with Gasteiger partial charge in [0.25, 0.3) is 0 Å². The Morgan fingerprint density at radius 1 is 1.15 bits per heavy atom. The van der Waals surface area contributed by atoms with E-state index < -0.39 is 6.04 Å². The number of methoxy groups -OCH3 is 1. The second-order valence-corrected chi connectivity index (χ2v) is 7.18. The van der Waals surface area contributed by atoms with Crippen molar-refractivity contribution < 1.29 is 9.53 Å². The molecule has 5 heteroatoms. The second kappa shape index (κ2) is 7.43. The van der Waals surface area contributed by atoms with Crippen LogP contribution in [0.2, 0.25) is 0 Å². The van der Waals surface area contributed by atoms with Crippen molar-refractivity contribution >= 4 is 23.2 Å². The number of likely N-dealkylation sites (tertiary alicyclic amines) is 1. The van der Waals surface area contributed by atoms with E-state index in [1.807, 2.05) is 42.5 Å². The Morgan fingerprint density at radius 2 is 1.89 bits per heavy atom. The molecular weight excluding hydrogens is 338 g/mol. The first-order valence-electron chi connectivity index (χ1n) is 9.51. The van der Waals surface area contributed by atoms with E-state index in [2.05, 4.69) is 28.9 Å². The zero-order valence-electron chi connectivity index (χ0n) is 15.8. The average molecular weight is 363 g/mol. The van der Waals surface area contributed by atoms with Crippen LogP contribution >= 0.6 is 0 Å². The molecule has 2 heterocycles. The number of anilines is 1. The van der Waals surface area contributed by atoms with Gasteiger partial charge in [0, 0.05) is 19.1 Å². The van der Waals surface area contributed by atoms with E-state index in [0.717, 1.165) is 42.2 Å². The molecular formula is C22H25N3O2. The van der Waals surface area contributed by atoms with Crippen molar-refractivity contribution in [2.24, 2.45) is 4.99 Å². The highest BCUT2D eigenvalue weighted by atomic mass is 16.5. The number of esters is 1. The Balaban J connectivity index is 1.81. The maximum absolute atomic E-state index is 12.9. The summed E-state index contributed by atoms with van der Waals surface area (Å²) in [5.74, 6) is 0.541. The number of rotatable bonds is 3. The minimum atomic E-state index is -0.536. The number of fused-ring (bicyclic) bond motifs is 1. The van der Waals surface area contributed by atoms with Crippen molar-refractivity contribution in [3.63, 3.8) is 0 Å². The minimum Gasteiger partial charge on any atom is -0.467 e. The van der Waals surface area contributed by atoms with Crippen molar-refractivity contribution in [1.82, 2.24) is 4.90 Å². The summed E-state index contributed by atoms with van der Waals surface area (Å²) in [6, 6.07) is 18.1. The monoisotopic (exact) mass is 363 g/mol. The molecule has 0 spiro atoms. The Bertz CT molecular complexity index is 850. The van der Waals surface area contributed by atoms with E-state index in [4.69, 9.17) is 9.73 Å². The van der Waals surface area contributed by atoms with Crippen LogP contribution < -0.4 is 4.90 Å². The zero-order valence-corrected chi connectivity index (χ0v) is 15.8.